The molecule has 0 aliphatic heterocycles. The molecule has 9 heteroatoms. The molecule has 2 heterocycles. The predicted molar refractivity (Wildman–Crippen MR) is 159 cm³/mol. The largest absolute Gasteiger partial charge is 0.493 e. The first kappa shape index (κ1) is 28.2. The van der Waals surface area contributed by atoms with Crippen LogP contribution in [-0.2, 0) is 0 Å². The zero-order valence-electron chi connectivity index (χ0n) is 24.2. The smallest absolute Gasteiger partial charge is 0.263 e. The van der Waals surface area contributed by atoms with Crippen LogP contribution in [-0.4, -0.2) is 56.3 Å². The minimum Gasteiger partial charge on any atom is -0.493 e. The van der Waals surface area contributed by atoms with Crippen molar-refractivity contribution < 1.29 is 23.7 Å². The van der Waals surface area contributed by atoms with Crippen molar-refractivity contribution in [3.63, 3.8) is 0 Å². The van der Waals surface area contributed by atoms with E-state index in [1.165, 1.54) is 0 Å². The molecule has 41 heavy (non-hydrogen) atoms. The maximum Gasteiger partial charge on any atom is 0.263 e. The molecule has 0 saturated heterocycles. The van der Waals surface area contributed by atoms with Crippen molar-refractivity contribution in [1.29, 1.82) is 0 Å². The summed E-state index contributed by atoms with van der Waals surface area (Å²) >= 11 is 0. The Morgan fingerprint density at radius 3 is 2.49 bits per heavy atom. The Morgan fingerprint density at radius 1 is 1.02 bits per heavy atom. The molecule has 1 fully saturated rings. The van der Waals surface area contributed by atoms with Gasteiger partial charge >= 0.3 is 0 Å². The first-order valence-corrected chi connectivity index (χ1v) is 13.8. The highest BCUT2D eigenvalue weighted by atomic mass is 16.5. The Morgan fingerprint density at radius 2 is 1.78 bits per heavy atom. The van der Waals surface area contributed by atoms with Gasteiger partial charge in [-0.25, -0.2) is 0 Å². The molecule has 2 aromatic carbocycles. The summed E-state index contributed by atoms with van der Waals surface area (Å²) in [4.78, 5) is 23.8. The molecule has 0 bridgehead atoms. The molecule has 5 rings (SSSR count). The molecule has 0 atom stereocenters. The summed E-state index contributed by atoms with van der Waals surface area (Å²) in [5.41, 5.74) is 3.72. The van der Waals surface area contributed by atoms with Crippen LogP contribution in [0.2, 0.25) is 0 Å². The van der Waals surface area contributed by atoms with E-state index in [4.69, 9.17) is 18.9 Å². The normalized spacial score (nSPS) is 12.7. The number of aryl methyl sites for hydroxylation is 2. The summed E-state index contributed by atoms with van der Waals surface area (Å²) in [7, 11) is 5.29. The number of aromatic nitrogens is 2. The van der Waals surface area contributed by atoms with E-state index >= 15 is 0 Å². The second kappa shape index (κ2) is 12.4. The molecule has 9 nitrogen and oxygen atoms in total. The number of carbonyl (C=O) groups is 1. The summed E-state index contributed by atoms with van der Waals surface area (Å²) in [5.74, 6) is 3.01. The fourth-order valence-electron chi connectivity index (χ4n) is 4.62. The molecular formula is C32H36N4O5. The van der Waals surface area contributed by atoms with Gasteiger partial charge < -0.3 is 29.2 Å². The second-order valence-electron chi connectivity index (χ2n) is 10.2. The number of hydrogen-bond acceptors (Lipinski definition) is 8. The summed E-state index contributed by atoms with van der Waals surface area (Å²) in [5, 5.41) is 3.92. The third kappa shape index (κ3) is 6.36. The fraction of sp³-hybridized carbons (Fsp3) is 0.344. The molecule has 1 saturated carbocycles. The van der Waals surface area contributed by atoms with Crippen molar-refractivity contribution in [2.75, 3.05) is 39.3 Å². The Hall–Kier alpha value is -4.37. The van der Waals surface area contributed by atoms with Gasteiger partial charge in [0.25, 0.3) is 5.91 Å². The molecule has 2 aromatic heterocycles. The van der Waals surface area contributed by atoms with Crippen LogP contribution in [0.1, 0.15) is 40.7 Å². The van der Waals surface area contributed by atoms with Crippen LogP contribution in [0.15, 0.2) is 55.0 Å². The monoisotopic (exact) mass is 556 g/mol. The Kier molecular flexibility index (Phi) is 8.54. The first-order chi connectivity index (χ1) is 19.9. The number of anilines is 1. The van der Waals surface area contributed by atoms with E-state index < -0.39 is 0 Å². The standard InChI is InChI=1S/C32H36N4O5/c1-20-15-22(36(4)32(37)25-19-34-12-9-28(25)40-23-7-8-23)16-21(2)31(20)41-27-10-13-35-26-18-30(39-14-6-11-33-3)29(38-5)17-24(26)27/h9-10,12-13,15-19,23,33H,6-8,11,14H2,1-5H3. The van der Waals surface area contributed by atoms with Gasteiger partial charge in [-0.3, -0.25) is 14.8 Å². The van der Waals surface area contributed by atoms with Crippen LogP contribution in [0.3, 0.4) is 0 Å². The number of amides is 1. The van der Waals surface area contributed by atoms with Gasteiger partial charge in [0.15, 0.2) is 11.5 Å². The quantitative estimate of drug-likeness (QED) is 0.217. The van der Waals surface area contributed by atoms with Gasteiger partial charge in [-0.05, 0) is 88.2 Å². The zero-order chi connectivity index (χ0) is 28.9. The number of rotatable bonds is 12. The van der Waals surface area contributed by atoms with Crippen LogP contribution in [0, 0.1) is 13.8 Å². The lowest BCUT2D eigenvalue weighted by atomic mass is 10.1. The van der Waals surface area contributed by atoms with Gasteiger partial charge in [-0.1, -0.05) is 0 Å². The SMILES string of the molecule is CNCCCOc1cc2nccc(Oc3c(C)cc(N(C)C(=O)c4cnccc4OC4CC4)cc3C)c2cc1OC. The minimum atomic E-state index is -0.183. The van der Waals surface area contributed by atoms with E-state index in [-0.39, 0.29) is 12.0 Å². The van der Waals surface area contributed by atoms with Crippen molar-refractivity contribution in [3.8, 4) is 28.7 Å². The van der Waals surface area contributed by atoms with E-state index in [1.807, 2.05) is 51.2 Å². The Labute approximate surface area is 240 Å². The topological polar surface area (TPSA) is 95.0 Å². The van der Waals surface area contributed by atoms with Crippen molar-refractivity contribution in [2.24, 2.45) is 0 Å². The van der Waals surface area contributed by atoms with Crippen molar-refractivity contribution >= 4 is 22.5 Å². The molecule has 1 N–H and O–H groups in total. The van der Waals surface area contributed by atoms with Crippen LogP contribution in [0.25, 0.3) is 10.9 Å². The van der Waals surface area contributed by atoms with E-state index in [2.05, 4.69) is 15.3 Å². The average Bonchev–Trinajstić information content (AvgIpc) is 3.80. The lowest BCUT2D eigenvalue weighted by Gasteiger charge is -2.22. The molecular weight excluding hydrogens is 520 g/mol. The predicted octanol–water partition coefficient (Wildman–Crippen LogP) is 5.85. The number of ether oxygens (including phenoxy) is 4. The first-order valence-electron chi connectivity index (χ1n) is 13.8. The highest BCUT2D eigenvalue weighted by Crippen LogP contribution is 2.39. The number of nitrogens with zero attached hydrogens (tertiary/aromatic N) is 3. The Balaban J connectivity index is 1.39. The number of hydrogen-bond donors (Lipinski definition) is 1. The molecule has 0 spiro atoms. The van der Waals surface area contributed by atoms with Crippen LogP contribution >= 0.6 is 0 Å². The average molecular weight is 557 g/mol. The zero-order valence-corrected chi connectivity index (χ0v) is 24.2. The van der Waals surface area contributed by atoms with Crippen molar-refractivity contribution in [2.45, 2.75) is 39.2 Å². The van der Waals surface area contributed by atoms with E-state index in [1.54, 1.807) is 43.7 Å². The maximum atomic E-state index is 13.4. The van der Waals surface area contributed by atoms with Crippen LogP contribution < -0.4 is 29.2 Å². The second-order valence-corrected chi connectivity index (χ2v) is 10.2. The lowest BCUT2D eigenvalue weighted by Crippen LogP contribution is -2.27. The van der Waals surface area contributed by atoms with E-state index in [0.717, 1.165) is 53.5 Å². The number of methoxy groups -OCH3 is 1. The van der Waals surface area contributed by atoms with Gasteiger partial charge in [-0.15, -0.1) is 0 Å². The van der Waals surface area contributed by atoms with Crippen LogP contribution in [0.5, 0.6) is 28.7 Å². The fourth-order valence-corrected chi connectivity index (χ4v) is 4.62. The van der Waals surface area contributed by atoms with Crippen molar-refractivity contribution in [1.82, 2.24) is 15.3 Å². The number of benzene rings is 2. The molecule has 4 aromatic rings. The van der Waals surface area contributed by atoms with E-state index in [0.29, 0.717) is 40.9 Å². The number of fused-ring (bicyclic) bond motifs is 1. The minimum absolute atomic E-state index is 0.182. The molecule has 214 valence electrons. The summed E-state index contributed by atoms with van der Waals surface area (Å²) in [6.45, 7) is 5.37. The van der Waals surface area contributed by atoms with Gasteiger partial charge in [0.2, 0.25) is 0 Å². The van der Waals surface area contributed by atoms with E-state index in [9.17, 15) is 4.79 Å². The van der Waals surface area contributed by atoms with Gasteiger partial charge in [0.1, 0.15) is 22.8 Å². The summed E-state index contributed by atoms with van der Waals surface area (Å²) in [6, 6.07) is 11.2. The molecule has 0 radical (unpaired) electrons. The Bertz CT molecular complexity index is 1530. The number of carbonyl (C=O) groups excluding carboxylic acids is 1. The molecule has 0 unspecified atom stereocenters. The molecule has 1 aliphatic carbocycles. The van der Waals surface area contributed by atoms with Gasteiger partial charge in [-0.2, -0.15) is 0 Å². The molecule has 1 aliphatic rings. The maximum absolute atomic E-state index is 13.4. The number of nitrogens with one attached hydrogen (secondary N) is 1. The number of pyridine rings is 2. The summed E-state index contributed by atoms with van der Waals surface area (Å²) < 4.78 is 24.0. The molecule has 1 amide bonds. The van der Waals surface area contributed by atoms with Crippen molar-refractivity contribution in [3.05, 3.63) is 71.7 Å². The van der Waals surface area contributed by atoms with Crippen LogP contribution in [0.4, 0.5) is 5.69 Å². The third-order valence-corrected chi connectivity index (χ3v) is 6.99. The lowest BCUT2D eigenvalue weighted by molar-refractivity contribution is 0.0988. The van der Waals surface area contributed by atoms with Gasteiger partial charge in [0, 0.05) is 42.8 Å². The third-order valence-electron chi connectivity index (χ3n) is 6.99. The summed E-state index contributed by atoms with van der Waals surface area (Å²) in [6.07, 6.45) is 8.01. The van der Waals surface area contributed by atoms with Gasteiger partial charge in [0.05, 0.1) is 25.3 Å². The highest BCUT2D eigenvalue weighted by molar-refractivity contribution is 6.07. The highest BCUT2D eigenvalue weighted by Gasteiger charge is 2.27.